The summed E-state index contributed by atoms with van der Waals surface area (Å²) < 4.78 is 5.56. The molecule has 0 unspecified atom stereocenters. The second kappa shape index (κ2) is 6.56. The molecule has 88 valence electrons. The number of halogens is 1. The molecule has 0 bridgehead atoms. The molecule has 0 fully saturated rings. The zero-order valence-corrected chi connectivity index (χ0v) is 10.6. The Labute approximate surface area is 102 Å². The summed E-state index contributed by atoms with van der Waals surface area (Å²) in [5.74, 6) is 0.859. The van der Waals surface area contributed by atoms with Crippen LogP contribution < -0.4 is 10.1 Å². The number of benzene rings is 1. The zero-order chi connectivity index (χ0) is 12.0. The summed E-state index contributed by atoms with van der Waals surface area (Å²) in [6, 6.07) is 6.09. The van der Waals surface area contributed by atoms with Crippen molar-refractivity contribution in [3.63, 3.8) is 0 Å². The summed E-state index contributed by atoms with van der Waals surface area (Å²) in [6.07, 6.45) is 1.73. The van der Waals surface area contributed by atoms with Crippen LogP contribution in [0.2, 0.25) is 5.02 Å². The first kappa shape index (κ1) is 13.1. The van der Waals surface area contributed by atoms with Gasteiger partial charge in [0.15, 0.2) is 0 Å². The van der Waals surface area contributed by atoms with Crippen LogP contribution in [0.4, 0.5) is 0 Å². The Morgan fingerprint density at radius 3 is 2.88 bits per heavy atom. The van der Waals surface area contributed by atoms with Gasteiger partial charge in [-0.25, -0.2) is 0 Å². The molecule has 0 aliphatic heterocycles. The summed E-state index contributed by atoms with van der Waals surface area (Å²) in [6.45, 7) is 9.11. The molecule has 0 radical (unpaired) electrons. The standard InChI is InChI=1S/C13H18ClNO/c1-4-7-16-13-6-5-12(14)8-11(13)9-15-10(2)3/h4-6,8,10,15H,1,7,9H2,2-3H3. The molecule has 1 rings (SSSR count). The van der Waals surface area contributed by atoms with Crippen LogP contribution in [-0.2, 0) is 6.54 Å². The highest BCUT2D eigenvalue weighted by atomic mass is 35.5. The highest BCUT2D eigenvalue weighted by molar-refractivity contribution is 6.30. The van der Waals surface area contributed by atoms with E-state index >= 15 is 0 Å². The van der Waals surface area contributed by atoms with E-state index in [2.05, 4.69) is 25.7 Å². The van der Waals surface area contributed by atoms with E-state index in [4.69, 9.17) is 16.3 Å². The van der Waals surface area contributed by atoms with Crippen molar-refractivity contribution in [1.82, 2.24) is 5.32 Å². The monoisotopic (exact) mass is 239 g/mol. The highest BCUT2D eigenvalue weighted by Crippen LogP contribution is 2.23. The van der Waals surface area contributed by atoms with Crippen molar-refractivity contribution in [2.75, 3.05) is 6.61 Å². The van der Waals surface area contributed by atoms with Crippen molar-refractivity contribution < 1.29 is 4.74 Å². The molecule has 0 aliphatic rings. The molecule has 0 saturated carbocycles. The lowest BCUT2D eigenvalue weighted by molar-refractivity contribution is 0.357. The normalized spacial score (nSPS) is 10.5. The molecule has 0 atom stereocenters. The van der Waals surface area contributed by atoms with E-state index in [1.807, 2.05) is 18.2 Å². The molecule has 0 heterocycles. The van der Waals surface area contributed by atoms with Crippen molar-refractivity contribution in [2.45, 2.75) is 26.4 Å². The third-order valence-corrected chi connectivity index (χ3v) is 2.32. The van der Waals surface area contributed by atoms with Gasteiger partial charge in [0.1, 0.15) is 12.4 Å². The summed E-state index contributed by atoms with van der Waals surface area (Å²) in [5.41, 5.74) is 1.07. The van der Waals surface area contributed by atoms with Gasteiger partial charge >= 0.3 is 0 Å². The largest absolute Gasteiger partial charge is 0.489 e. The van der Waals surface area contributed by atoms with Gasteiger partial charge in [0, 0.05) is 23.2 Å². The van der Waals surface area contributed by atoms with Crippen molar-refractivity contribution >= 4 is 11.6 Å². The number of hydrogen-bond acceptors (Lipinski definition) is 2. The van der Waals surface area contributed by atoms with Crippen LogP contribution in [0, 0.1) is 0 Å². The fourth-order valence-electron chi connectivity index (χ4n) is 1.29. The molecule has 0 aromatic heterocycles. The number of hydrogen-bond donors (Lipinski definition) is 1. The van der Waals surface area contributed by atoms with Crippen molar-refractivity contribution in [3.8, 4) is 5.75 Å². The lowest BCUT2D eigenvalue weighted by Crippen LogP contribution is -2.22. The molecule has 0 amide bonds. The van der Waals surface area contributed by atoms with Crippen molar-refractivity contribution in [2.24, 2.45) is 0 Å². The molecule has 0 saturated heterocycles. The van der Waals surface area contributed by atoms with Gasteiger partial charge in [-0.1, -0.05) is 38.1 Å². The van der Waals surface area contributed by atoms with Gasteiger partial charge in [0.2, 0.25) is 0 Å². The Morgan fingerprint density at radius 1 is 1.50 bits per heavy atom. The molecule has 2 nitrogen and oxygen atoms in total. The lowest BCUT2D eigenvalue weighted by atomic mass is 10.2. The third-order valence-electron chi connectivity index (χ3n) is 2.08. The lowest BCUT2D eigenvalue weighted by Gasteiger charge is -2.13. The first-order valence-corrected chi connectivity index (χ1v) is 5.76. The van der Waals surface area contributed by atoms with E-state index in [-0.39, 0.29) is 0 Å². The Hall–Kier alpha value is -0.990. The van der Waals surface area contributed by atoms with Gasteiger partial charge in [-0.05, 0) is 18.2 Å². The SMILES string of the molecule is C=CCOc1ccc(Cl)cc1CNC(C)C. The first-order valence-electron chi connectivity index (χ1n) is 5.39. The van der Waals surface area contributed by atoms with Crippen molar-refractivity contribution in [3.05, 3.63) is 41.4 Å². The maximum Gasteiger partial charge on any atom is 0.124 e. The Balaban J connectivity index is 2.76. The first-order chi connectivity index (χ1) is 7.63. The minimum Gasteiger partial charge on any atom is -0.489 e. The highest BCUT2D eigenvalue weighted by Gasteiger charge is 2.05. The molecule has 16 heavy (non-hydrogen) atoms. The molecular formula is C13H18ClNO. The van der Waals surface area contributed by atoms with Gasteiger partial charge in [-0.3, -0.25) is 0 Å². The smallest absolute Gasteiger partial charge is 0.124 e. The maximum atomic E-state index is 5.96. The second-order valence-corrected chi connectivity index (χ2v) is 4.32. The molecule has 0 aliphatic carbocycles. The molecule has 3 heteroatoms. The third kappa shape index (κ3) is 4.25. The van der Waals surface area contributed by atoms with Crippen molar-refractivity contribution in [1.29, 1.82) is 0 Å². The van der Waals surface area contributed by atoms with E-state index in [0.29, 0.717) is 12.6 Å². The molecular weight excluding hydrogens is 222 g/mol. The Bertz CT molecular complexity index is 350. The molecule has 1 aromatic rings. The van der Waals surface area contributed by atoms with E-state index in [1.165, 1.54) is 0 Å². The summed E-state index contributed by atoms with van der Waals surface area (Å²) in [4.78, 5) is 0. The minimum atomic E-state index is 0.436. The predicted octanol–water partition coefficient (Wildman–Crippen LogP) is 3.40. The van der Waals surface area contributed by atoms with Crippen LogP contribution in [0.15, 0.2) is 30.9 Å². The van der Waals surface area contributed by atoms with E-state index in [1.54, 1.807) is 6.08 Å². The second-order valence-electron chi connectivity index (χ2n) is 3.89. The van der Waals surface area contributed by atoms with Gasteiger partial charge in [-0.2, -0.15) is 0 Å². The van der Waals surface area contributed by atoms with E-state index in [9.17, 15) is 0 Å². The fraction of sp³-hybridized carbons (Fsp3) is 0.385. The maximum absolute atomic E-state index is 5.96. The summed E-state index contributed by atoms with van der Waals surface area (Å²) >= 11 is 5.96. The van der Waals surface area contributed by atoms with Gasteiger partial charge in [-0.15, -0.1) is 0 Å². The summed E-state index contributed by atoms with van der Waals surface area (Å²) in [5, 5.41) is 4.07. The van der Waals surface area contributed by atoms with Crippen LogP contribution in [-0.4, -0.2) is 12.6 Å². The molecule has 1 N–H and O–H groups in total. The Kier molecular flexibility index (Phi) is 5.36. The van der Waals surface area contributed by atoms with Crippen LogP contribution in [0.3, 0.4) is 0 Å². The number of ether oxygens (including phenoxy) is 1. The summed E-state index contributed by atoms with van der Waals surface area (Å²) in [7, 11) is 0. The number of rotatable bonds is 6. The average molecular weight is 240 g/mol. The van der Waals surface area contributed by atoms with Crippen LogP contribution in [0.25, 0.3) is 0 Å². The van der Waals surface area contributed by atoms with Gasteiger partial charge in [0.05, 0.1) is 0 Å². The fourth-order valence-corrected chi connectivity index (χ4v) is 1.48. The quantitative estimate of drug-likeness (QED) is 0.769. The van der Waals surface area contributed by atoms with Gasteiger partial charge < -0.3 is 10.1 Å². The zero-order valence-electron chi connectivity index (χ0n) is 9.79. The van der Waals surface area contributed by atoms with Gasteiger partial charge in [0.25, 0.3) is 0 Å². The van der Waals surface area contributed by atoms with Crippen LogP contribution >= 0.6 is 11.6 Å². The average Bonchev–Trinajstić information content (AvgIpc) is 2.25. The van der Waals surface area contributed by atoms with E-state index in [0.717, 1.165) is 22.9 Å². The topological polar surface area (TPSA) is 21.3 Å². The van der Waals surface area contributed by atoms with E-state index < -0.39 is 0 Å². The molecule has 1 aromatic carbocycles. The van der Waals surface area contributed by atoms with Crippen LogP contribution in [0.1, 0.15) is 19.4 Å². The Morgan fingerprint density at radius 2 is 2.25 bits per heavy atom. The predicted molar refractivity (Wildman–Crippen MR) is 69.1 cm³/mol. The number of nitrogens with one attached hydrogen (secondary N) is 1. The molecule has 0 spiro atoms. The van der Waals surface area contributed by atoms with Crippen LogP contribution in [0.5, 0.6) is 5.75 Å². The minimum absolute atomic E-state index is 0.436.